The van der Waals surface area contributed by atoms with Crippen LogP contribution in [0.2, 0.25) is 0 Å². The van der Waals surface area contributed by atoms with Gasteiger partial charge in [-0.05, 0) is 38.0 Å². The summed E-state index contributed by atoms with van der Waals surface area (Å²) in [6.07, 6.45) is 8.04. The molecule has 0 bridgehead atoms. The van der Waals surface area contributed by atoms with Gasteiger partial charge in [0.1, 0.15) is 5.82 Å². The Balaban J connectivity index is 1.85. The molecule has 1 aliphatic heterocycles. The molecule has 0 aromatic carbocycles. The fraction of sp³-hybridized carbons (Fsp3) is 0.733. The molecule has 21 heavy (non-hydrogen) atoms. The van der Waals surface area contributed by atoms with Crippen LogP contribution in [0.25, 0.3) is 0 Å². The number of hydrogen-bond donors (Lipinski definition) is 2. The van der Waals surface area contributed by atoms with E-state index in [-0.39, 0.29) is 5.84 Å². The highest BCUT2D eigenvalue weighted by Gasteiger charge is 2.38. The van der Waals surface area contributed by atoms with Crippen molar-refractivity contribution in [2.24, 2.45) is 23.4 Å². The first-order valence-corrected chi connectivity index (χ1v) is 7.83. The summed E-state index contributed by atoms with van der Waals surface area (Å²) in [5.41, 5.74) is 8.01. The monoisotopic (exact) mass is 291 g/mol. The van der Waals surface area contributed by atoms with Crippen molar-refractivity contribution >= 4 is 11.7 Å². The Bertz CT molecular complexity index is 547. The van der Waals surface area contributed by atoms with Crippen LogP contribution in [0.15, 0.2) is 5.16 Å². The van der Waals surface area contributed by atoms with Crippen molar-refractivity contribution in [3.63, 3.8) is 0 Å². The van der Waals surface area contributed by atoms with Gasteiger partial charge in [0.15, 0.2) is 5.84 Å². The van der Waals surface area contributed by atoms with Crippen LogP contribution >= 0.6 is 0 Å². The number of nitrogens with zero attached hydrogens (tertiary/aromatic N) is 4. The summed E-state index contributed by atoms with van der Waals surface area (Å²) in [6, 6.07) is 0. The highest BCUT2D eigenvalue weighted by molar-refractivity contribution is 6.02. The molecule has 3 rings (SSSR count). The molecule has 1 saturated carbocycles. The summed E-state index contributed by atoms with van der Waals surface area (Å²) >= 11 is 0. The number of aromatic nitrogens is 2. The van der Waals surface area contributed by atoms with Gasteiger partial charge in [-0.1, -0.05) is 18.0 Å². The molecule has 2 heterocycles. The van der Waals surface area contributed by atoms with Gasteiger partial charge in [-0.15, -0.1) is 0 Å². The molecule has 0 amide bonds. The number of nitrogens with two attached hydrogens (primary N) is 1. The van der Waals surface area contributed by atoms with Crippen molar-refractivity contribution in [1.29, 1.82) is 0 Å². The van der Waals surface area contributed by atoms with E-state index in [0.29, 0.717) is 5.41 Å². The van der Waals surface area contributed by atoms with Crippen LogP contribution in [0.4, 0.5) is 5.82 Å². The van der Waals surface area contributed by atoms with Gasteiger partial charge in [-0.2, -0.15) is 5.10 Å². The zero-order chi connectivity index (χ0) is 15.0. The maximum absolute atomic E-state index is 9.02. The van der Waals surface area contributed by atoms with E-state index >= 15 is 0 Å². The van der Waals surface area contributed by atoms with E-state index in [4.69, 9.17) is 10.9 Å². The largest absolute Gasteiger partial charge is 0.409 e. The van der Waals surface area contributed by atoms with E-state index in [1.54, 1.807) is 0 Å². The second-order valence-electron chi connectivity index (χ2n) is 6.59. The number of aryl methyl sites for hydroxylation is 2. The number of hydrogen-bond acceptors (Lipinski definition) is 4. The lowest BCUT2D eigenvalue weighted by molar-refractivity contribution is 0.225. The number of piperidine rings is 1. The van der Waals surface area contributed by atoms with Crippen molar-refractivity contribution in [2.75, 3.05) is 18.0 Å². The van der Waals surface area contributed by atoms with Crippen LogP contribution in [-0.2, 0) is 7.05 Å². The Kier molecular flexibility index (Phi) is 3.55. The summed E-state index contributed by atoms with van der Waals surface area (Å²) in [6.45, 7) is 3.97. The first-order valence-electron chi connectivity index (χ1n) is 7.83. The van der Waals surface area contributed by atoms with Crippen molar-refractivity contribution in [2.45, 2.75) is 45.4 Å². The minimum atomic E-state index is 0.150. The van der Waals surface area contributed by atoms with Crippen molar-refractivity contribution < 1.29 is 5.21 Å². The molecular formula is C15H25N5O. The summed E-state index contributed by atoms with van der Waals surface area (Å²) < 4.78 is 1.86. The second-order valence-corrected chi connectivity index (χ2v) is 6.59. The third-order valence-electron chi connectivity index (χ3n) is 5.34. The summed E-state index contributed by atoms with van der Waals surface area (Å²) in [4.78, 5) is 2.34. The molecule has 0 unspecified atom stereocenters. The smallest absolute Gasteiger partial charge is 0.175 e. The van der Waals surface area contributed by atoms with E-state index in [1.165, 1.54) is 38.5 Å². The standard InChI is InChI=1S/C15H25N5O/c1-11-12(13(16)18-21)14(19(2)17-11)20-9-7-15(8-10-20)5-3-4-6-15/h21H,3-10H2,1-2H3,(H2,16,18). The molecule has 2 fully saturated rings. The lowest BCUT2D eigenvalue weighted by atomic mass is 9.77. The molecule has 0 radical (unpaired) electrons. The number of oxime groups is 1. The summed E-state index contributed by atoms with van der Waals surface area (Å²) in [5, 5.41) is 16.6. The molecule has 2 aliphatic rings. The van der Waals surface area contributed by atoms with Crippen LogP contribution in [0.3, 0.4) is 0 Å². The number of rotatable bonds is 2. The van der Waals surface area contributed by atoms with Gasteiger partial charge in [0.25, 0.3) is 0 Å². The van der Waals surface area contributed by atoms with Crippen LogP contribution in [0.1, 0.15) is 49.8 Å². The van der Waals surface area contributed by atoms with Gasteiger partial charge >= 0.3 is 0 Å². The van der Waals surface area contributed by atoms with Gasteiger partial charge in [-0.3, -0.25) is 4.68 Å². The quantitative estimate of drug-likeness (QED) is 0.378. The lowest BCUT2D eigenvalue weighted by Gasteiger charge is -2.40. The third kappa shape index (κ3) is 2.36. The van der Waals surface area contributed by atoms with Gasteiger partial charge in [0.2, 0.25) is 0 Å². The van der Waals surface area contributed by atoms with E-state index in [1.807, 2.05) is 18.7 Å². The van der Waals surface area contributed by atoms with Gasteiger partial charge in [-0.25, -0.2) is 0 Å². The Labute approximate surface area is 125 Å². The number of anilines is 1. The number of amidine groups is 1. The predicted octanol–water partition coefficient (Wildman–Crippen LogP) is 1.98. The maximum atomic E-state index is 9.02. The average molecular weight is 291 g/mol. The van der Waals surface area contributed by atoms with Crippen molar-refractivity contribution in [3.05, 3.63) is 11.3 Å². The molecule has 1 aliphatic carbocycles. The fourth-order valence-electron chi connectivity index (χ4n) is 4.18. The summed E-state index contributed by atoms with van der Waals surface area (Å²) in [5.74, 6) is 1.13. The first kappa shape index (κ1) is 14.2. The van der Waals surface area contributed by atoms with E-state index in [9.17, 15) is 0 Å². The zero-order valence-electron chi connectivity index (χ0n) is 13.0. The molecule has 6 heteroatoms. The minimum absolute atomic E-state index is 0.150. The maximum Gasteiger partial charge on any atom is 0.175 e. The molecule has 116 valence electrons. The van der Waals surface area contributed by atoms with E-state index in [2.05, 4.69) is 15.2 Å². The Morgan fingerprint density at radius 3 is 2.43 bits per heavy atom. The Morgan fingerprint density at radius 1 is 1.24 bits per heavy atom. The normalized spacial score (nSPS) is 22.2. The molecule has 1 aromatic heterocycles. The van der Waals surface area contributed by atoms with E-state index in [0.717, 1.165) is 30.2 Å². The van der Waals surface area contributed by atoms with E-state index < -0.39 is 0 Å². The van der Waals surface area contributed by atoms with Crippen LogP contribution in [0, 0.1) is 12.3 Å². The van der Waals surface area contributed by atoms with Gasteiger partial charge in [0, 0.05) is 20.1 Å². The SMILES string of the molecule is Cc1nn(C)c(N2CCC3(CCCC3)CC2)c1C(N)=NO. The molecule has 3 N–H and O–H groups in total. The molecule has 1 spiro atoms. The third-order valence-corrected chi connectivity index (χ3v) is 5.34. The highest BCUT2D eigenvalue weighted by Crippen LogP contribution is 2.46. The van der Waals surface area contributed by atoms with Crippen molar-refractivity contribution in [1.82, 2.24) is 9.78 Å². The van der Waals surface area contributed by atoms with Crippen LogP contribution in [0.5, 0.6) is 0 Å². The average Bonchev–Trinajstić information content (AvgIpc) is 3.04. The van der Waals surface area contributed by atoms with Crippen LogP contribution < -0.4 is 10.6 Å². The first-order chi connectivity index (χ1) is 10.1. The molecule has 1 aromatic rings. The highest BCUT2D eigenvalue weighted by atomic mass is 16.4. The second kappa shape index (κ2) is 5.24. The Morgan fingerprint density at radius 2 is 1.86 bits per heavy atom. The molecule has 1 saturated heterocycles. The fourth-order valence-corrected chi connectivity index (χ4v) is 4.18. The van der Waals surface area contributed by atoms with Gasteiger partial charge < -0.3 is 15.8 Å². The minimum Gasteiger partial charge on any atom is -0.409 e. The predicted molar refractivity (Wildman–Crippen MR) is 82.8 cm³/mol. The topological polar surface area (TPSA) is 79.7 Å². The lowest BCUT2D eigenvalue weighted by Crippen LogP contribution is -2.40. The summed E-state index contributed by atoms with van der Waals surface area (Å²) in [7, 11) is 1.93. The molecule has 0 atom stereocenters. The molecule has 6 nitrogen and oxygen atoms in total. The van der Waals surface area contributed by atoms with Crippen molar-refractivity contribution in [3.8, 4) is 0 Å². The molecular weight excluding hydrogens is 266 g/mol. The van der Waals surface area contributed by atoms with Gasteiger partial charge in [0.05, 0.1) is 11.3 Å². The Hall–Kier alpha value is -1.72. The van der Waals surface area contributed by atoms with Crippen LogP contribution in [-0.4, -0.2) is 33.9 Å². The zero-order valence-corrected chi connectivity index (χ0v) is 13.0.